The van der Waals surface area contributed by atoms with Gasteiger partial charge in [0.05, 0.1) is 12.4 Å². The van der Waals surface area contributed by atoms with E-state index in [0.29, 0.717) is 11.7 Å². The molecule has 0 bridgehead atoms. The zero-order valence-corrected chi connectivity index (χ0v) is 11.8. The molecule has 1 aromatic carbocycles. The van der Waals surface area contributed by atoms with E-state index >= 15 is 0 Å². The minimum absolute atomic E-state index is 0.129. The van der Waals surface area contributed by atoms with Crippen LogP contribution in [-0.2, 0) is 5.41 Å². The number of benzene rings is 1. The molecule has 0 aliphatic heterocycles. The minimum atomic E-state index is 0.129. The lowest BCUT2D eigenvalue weighted by Gasteiger charge is -2.20. The van der Waals surface area contributed by atoms with Crippen LogP contribution in [0.4, 0.5) is 5.82 Å². The Morgan fingerprint density at radius 2 is 1.84 bits per heavy atom. The van der Waals surface area contributed by atoms with Crippen molar-refractivity contribution in [1.82, 2.24) is 9.97 Å². The Hall–Kier alpha value is -2.10. The van der Waals surface area contributed by atoms with E-state index in [1.54, 1.807) is 0 Å². The van der Waals surface area contributed by atoms with Crippen molar-refractivity contribution >= 4 is 5.82 Å². The van der Waals surface area contributed by atoms with Gasteiger partial charge in [0.25, 0.3) is 0 Å². The number of hydrogen-bond acceptors (Lipinski definition) is 4. The van der Waals surface area contributed by atoms with Gasteiger partial charge in [-0.15, -0.1) is 0 Å². The van der Waals surface area contributed by atoms with E-state index in [1.165, 1.54) is 18.0 Å². The highest BCUT2D eigenvalue weighted by Crippen LogP contribution is 2.29. The molecule has 2 aromatic rings. The molecule has 1 aromatic heterocycles. The van der Waals surface area contributed by atoms with Crippen LogP contribution in [0.15, 0.2) is 30.6 Å². The monoisotopic (exact) mass is 257 g/mol. The SMILES string of the molecule is Cc1cc(C(C)(C)C)ccc1Oc1cnc(N)cn1. The zero-order chi connectivity index (χ0) is 14.0. The first-order valence-electron chi connectivity index (χ1n) is 6.23. The fourth-order valence-electron chi connectivity index (χ4n) is 1.72. The molecule has 0 unspecified atom stereocenters. The molecule has 0 fully saturated rings. The van der Waals surface area contributed by atoms with E-state index < -0.39 is 0 Å². The molecule has 2 N–H and O–H groups in total. The van der Waals surface area contributed by atoms with Gasteiger partial charge in [-0.1, -0.05) is 32.9 Å². The number of nitrogens with zero attached hydrogens (tertiary/aromatic N) is 2. The number of anilines is 1. The van der Waals surface area contributed by atoms with Crippen molar-refractivity contribution in [3.8, 4) is 11.6 Å². The molecule has 0 saturated heterocycles. The lowest BCUT2D eigenvalue weighted by atomic mass is 9.86. The molecule has 0 aliphatic rings. The topological polar surface area (TPSA) is 61.0 Å². The molecule has 2 rings (SSSR count). The summed E-state index contributed by atoms with van der Waals surface area (Å²) in [7, 11) is 0. The summed E-state index contributed by atoms with van der Waals surface area (Å²) in [6.45, 7) is 8.59. The summed E-state index contributed by atoms with van der Waals surface area (Å²) in [6.07, 6.45) is 3.00. The van der Waals surface area contributed by atoms with Gasteiger partial charge >= 0.3 is 0 Å². The molecule has 4 heteroatoms. The number of hydrogen-bond donors (Lipinski definition) is 1. The van der Waals surface area contributed by atoms with Crippen LogP contribution >= 0.6 is 0 Å². The van der Waals surface area contributed by atoms with E-state index in [1.807, 2.05) is 13.0 Å². The lowest BCUT2D eigenvalue weighted by Crippen LogP contribution is -2.11. The molecular formula is C15H19N3O. The van der Waals surface area contributed by atoms with Crippen LogP contribution < -0.4 is 10.5 Å². The summed E-state index contributed by atoms with van der Waals surface area (Å²) in [6, 6.07) is 6.18. The standard InChI is InChI=1S/C15H19N3O/c1-10-7-11(15(2,3)4)5-6-12(10)19-14-9-17-13(16)8-18-14/h5-9H,1-4H3,(H2,16,17). The van der Waals surface area contributed by atoms with Gasteiger partial charge in [0, 0.05) is 0 Å². The van der Waals surface area contributed by atoms with Crippen molar-refractivity contribution in [3.63, 3.8) is 0 Å². The maximum atomic E-state index is 5.70. The fourth-order valence-corrected chi connectivity index (χ4v) is 1.72. The predicted molar refractivity (Wildman–Crippen MR) is 76.4 cm³/mol. The van der Waals surface area contributed by atoms with Gasteiger partial charge in [-0.25, -0.2) is 9.97 Å². The van der Waals surface area contributed by atoms with Crippen LogP contribution in [0.2, 0.25) is 0 Å². The first-order valence-corrected chi connectivity index (χ1v) is 6.23. The third kappa shape index (κ3) is 3.22. The Morgan fingerprint density at radius 3 is 2.37 bits per heavy atom. The van der Waals surface area contributed by atoms with Crippen LogP contribution in [0.5, 0.6) is 11.6 Å². The molecule has 0 spiro atoms. The Morgan fingerprint density at radius 1 is 1.11 bits per heavy atom. The number of rotatable bonds is 2. The van der Waals surface area contributed by atoms with Crippen LogP contribution in [0.3, 0.4) is 0 Å². The van der Waals surface area contributed by atoms with Crippen LogP contribution in [-0.4, -0.2) is 9.97 Å². The summed E-state index contributed by atoms with van der Waals surface area (Å²) in [4.78, 5) is 8.03. The van der Waals surface area contributed by atoms with Gasteiger partial charge in [0.1, 0.15) is 11.6 Å². The highest BCUT2D eigenvalue weighted by molar-refractivity contribution is 5.40. The van der Waals surface area contributed by atoms with Gasteiger partial charge in [0.15, 0.2) is 0 Å². The second kappa shape index (κ2) is 4.88. The third-order valence-electron chi connectivity index (χ3n) is 2.90. The maximum absolute atomic E-state index is 5.70. The van der Waals surface area contributed by atoms with Gasteiger partial charge < -0.3 is 10.5 Å². The molecule has 4 nitrogen and oxygen atoms in total. The Labute approximate surface area is 113 Å². The van der Waals surface area contributed by atoms with E-state index in [9.17, 15) is 0 Å². The first kappa shape index (κ1) is 13.3. The molecule has 0 amide bonds. The first-order chi connectivity index (χ1) is 8.86. The minimum Gasteiger partial charge on any atom is -0.437 e. The van der Waals surface area contributed by atoms with Gasteiger partial charge in [-0.3, -0.25) is 0 Å². The smallest absolute Gasteiger partial charge is 0.237 e. The maximum Gasteiger partial charge on any atom is 0.237 e. The van der Waals surface area contributed by atoms with E-state index in [-0.39, 0.29) is 5.41 Å². The highest BCUT2D eigenvalue weighted by Gasteiger charge is 2.15. The molecule has 0 saturated carbocycles. The third-order valence-corrected chi connectivity index (χ3v) is 2.90. The van der Waals surface area contributed by atoms with Gasteiger partial charge in [-0.2, -0.15) is 0 Å². The molecule has 0 aliphatic carbocycles. The molecule has 0 atom stereocenters. The van der Waals surface area contributed by atoms with Crippen molar-refractivity contribution in [2.24, 2.45) is 0 Å². The fraction of sp³-hybridized carbons (Fsp3) is 0.333. The van der Waals surface area contributed by atoms with E-state index in [4.69, 9.17) is 10.5 Å². The predicted octanol–water partition coefficient (Wildman–Crippen LogP) is 3.46. The summed E-state index contributed by atoms with van der Waals surface area (Å²) in [5, 5.41) is 0. The average Bonchev–Trinajstić information content (AvgIpc) is 2.33. The largest absolute Gasteiger partial charge is 0.437 e. The summed E-state index contributed by atoms with van der Waals surface area (Å²) in [5.74, 6) is 1.61. The molecule has 19 heavy (non-hydrogen) atoms. The van der Waals surface area contributed by atoms with Gasteiger partial charge in [-0.05, 0) is 29.5 Å². The van der Waals surface area contributed by atoms with Crippen LogP contribution in [0.25, 0.3) is 0 Å². The van der Waals surface area contributed by atoms with Crippen LogP contribution in [0.1, 0.15) is 31.9 Å². The zero-order valence-electron chi connectivity index (χ0n) is 11.8. The van der Waals surface area contributed by atoms with Crippen molar-refractivity contribution in [2.75, 3.05) is 5.73 Å². The van der Waals surface area contributed by atoms with Crippen molar-refractivity contribution < 1.29 is 4.74 Å². The number of aryl methyl sites for hydroxylation is 1. The summed E-state index contributed by atoms with van der Waals surface area (Å²) in [5.41, 5.74) is 7.97. The van der Waals surface area contributed by atoms with Crippen molar-refractivity contribution in [3.05, 3.63) is 41.7 Å². The second-order valence-electron chi connectivity index (χ2n) is 5.61. The second-order valence-corrected chi connectivity index (χ2v) is 5.61. The van der Waals surface area contributed by atoms with Crippen LogP contribution in [0, 0.1) is 6.92 Å². The average molecular weight is 257 g/mol. The lowest BCUT2D eigenvalue weighted by molar-refractivity contribution is 0.456. The molecule has 0 radical (unpaired) electrons. The number of aromatic nitrogens is 2. The summed E-state index contributed by atoms with van der Waals surface area (Å²) < 4.78 is 5.70. The van der Waals surface area contributed by atoms with E-state index in [2.05, 4.69) is 42.9 Å². The quantitative estimate of drug-likeness (QED) is 0.895. The highest BCUT2D eigenvalue weighted by atomic mass is 16.5. The van der Waals surface area contributed by atoms with Gasteiger partial charge in [0.2, 0.25) is 5.88 Å². The Bertz CT molecular complexity index is 571. The number of nitrogens with two attached hydrogens (primary N) is 1. The molecule has 100 valence electrons. The van der Waals surface area contributed by atoms with Crippen molar-refractivity contribution in [2.45, 2.75) is 33.1 Å². The van der Waals surface area contributed by atoms with Crippen molar-refractivity contribution in [1.29, 1.82) is 0 Å². The summed E-state index contributed by atoms with van der Waals surface area (Å²) >= 11 is 0. The molecular weight excluding hydrogens is 238 g/mol. The number of ether oxygens (including phenoxy) is 1. The Kier molecular flexibility index (Phi) is 3.42. The van der Waals surface area contributed by atoms with E-state index in [0.717, 1.165) is 11.3 Å². The number of nitrogen functional groups attached to an aromatic ring is 1. The Balaban J connectivity index is 2.24. The molecule has 1 heterocycles. The normalized spacial score (nSPS) is 11.4.